The van der Waals surface area contributed by atoms with Crippen molar-refractivity contribution in [1.29, 1.82) is 0 Å². The Balaban J connectivity index is 1.16. The number of carbonyl (C=O) groups is 2. The molecule has 3 amide bonds. The molecule has 14 heteroatoms. The number of fused-ring (bicyclic) bond motifs is 1. The van der Waals surface area contributed by atoms with E-state index in [1.54, 1.807) is 14.2 Å². The van der Waals surface area contributed by atoms with Crippen molar-refractivity contribution in [2.75, 3.05) is 52.9 Å². The number of hydrogen-bond acceptors (Lipinski definition) is 9. The molecule has 0 spiro atoms. The van der Waals surface area contributed by atoms with Crippen molar-refractivity contribution in [3.05, 3.63) is 95.6 Å². The summed E-state index contributed by atoms with van der Waals surface area (Å²) in [5, 5.41) is 10.0. The highest BCUT2D eigenvalue weighted by Crippen LogP contribution is 2.50. The molecule has 2 heterocycles. The Morgan fingerprint density at radius 2 is 1.49 bits per heavy atom. The quantitative estimate of drug-likeness (QED) is 0.0375. The zero-order valence-electron chi connectivity index (χ0n) is 34.3. The molecule has 3 N–H and O–H groups in total. The lowest BCUT2D eigenvalue weighted by Gasteiger charge is -2.45. The standard InChI is InChI=1S/C43H61N4O7PS2/c1-7-52-29-30-53-55(56,54-42(2,3)4)45-28-13-9-12-27-44-39(48)18-14-17-38-40-37(31-57-38)47(41(49)46-40)43(32-15-10-8-11-16-32,33-19-23-35(50-5)24-20-33)34-21-25-36(51-6)26-22-34/h8,10-11,15-16,19-26,37-38,40H,7,9,12-14,17-18,27-31H2,1-6H3,(H,44,48)(H,45,56)(H,46,49). The highest BCUT2D eigenvalue weighted by molar-refractivity contribution is 8.09. The average molecular weight is 841 g/mol. The van der Waals surface area contributed by atoms with Gasteiger partial charge in [-0.2, -0.15) is 11.8 Å². The second kappa shape index (κ2) is 21.2. The fraction of sp³-hybridized carbons (Fsp3) is 0.535. The van der Waals surface area contributed by atoms with Crippen LogP contribution in [0.1, 0.15) is 82.9 Å². The number of benzene rings is 3. The number of rotatable bonds is 23. The van der Waals surface area contributed by atoms with Crippen LogP contribution in [-0.4, -0.2) is 92.7 Å². The summed E-state index contributed by atoms with van der Waals surface area (Å²) in [5.41, 5.74) is 1.56. The first-order valence-electron chi connectivity index (χ1n) is 20.0. The first-order valence-corrected chi connectivity index (χ1v) is 23.7. The summed E-state index contributed by atoms with van der Waals surface area (Å²) in [7, 11) is 3.31. The van der Waals surface area contributed by atoms with Gasteiger partial charge in [-0.3, -0.25) is 4.79 Å². The van der Waals surface area contributed by atoms with Crippen LogP contribution in [0.3, 0.4) is 0 Å². The van der Waals surface area contributed by atoms with E-state index in [0.29, 0.717) is 39.3 Å². The first kappa shape index (κ1) is 44.9. The third-order valence-electron chi connectivity index (χ3n) is 10.2. The Bertz CT molecular complexity index is 1710. The van der Waals surface area contributed by atoms with Gasteiger partial charge in [0.2, 0.25) is 5.91 Å². The number of nitrogens with one attached hydrogen (secondary N) is 3. The van der Waals surface area contributed by atoms with Crippen molar-refractivity contribution in [3.8, 4) is 11.5 Å². The van der Waals surface area contributed by atoms with Gasteiger partial charge in [-0.15, -0.1) is 0 Å². The van der Waals surface area contributed by atoms with E-state index >= 15 is 0 Å². The lowest BCUT2D eigenvalue weighted by molar-refractivity contribution is -0.121. The second-order valence-corrected chi connectivity index (χ2v) is 19.7. The smallest absolute Gasteiger partial charge is 0.319 e. The molecule has 2 aliphatic heterocycles. The van der Waals surface area contributed by atoms with E-state index in [-0.39, 0.29) is 29.3 Å². The predicted octanol–water partition coefficient (Wildman–Crippen LogP) is 8.01. The number of methoxy groups -OCH3 is 2. The molecule has 57 heavy (non-hydrogen) atoms. The summed E-state index contributed by atoms with van der Waals surface area (Å²) >= 11 is 7.64. The normalized spacial score (nSPS) is 19.2. The summed E-state index contributed by atoms with van der Waals surface area (Å²) in [4.78, 5) is 29.3. The van der Waals surface area contributed by atoms with Gasteiger partial charge >= 0.3 is 6.03 Å². The first-order chi connectivity index (χ1) is 27.4. The van der Waals surface area contributed by atoms with E-state index in [9.17, 15) is 9.59 Å². The number of thioether (sulfide) groups is 1. The Morgan fingerprint density at radius 3 is 2.09 bits per heavy atom. The van der Waals surface area contributed by atoms with E-state index in [2.05, 4.69) is 57.0 Å². The van der Waals surface area contributed by atoms with Crippen molar-refractivity contribution < 1.29 is 32.8 Å². The van der Waals surface area contributed by atoms with Crippen LogP contribution >= 0.6 is 18.4 Å². The Hall–Kier alpha value is -3.16. The minimum absolute atomic E-state index is 0.0565. The number of amides is 3. The number of ether oxygens (including phenoxy) is 3. The maximum atomic E-state index is 14.4. The topological polar surface area (TPSA) is 120 Å². The van der Waals surface area contributed by atoms with Crippen LogP contribution in [-0.2, 0) is 35.9 Å². The van der Waals surface area contributed by atoms with Gasteiger partial charge in [0.15, 0.2) is 0 Å². The molecule has 0 bridgehead atoms. The van der Waals surface area contributed by atoms with Crippen LogP contribution in [0.25, 0.3) is 0 Å². The summed E-state index contributed by atoms with van der Waals surface area (Å²) in [6, 6.07) is 26.1. The molecule has 2 fully saturated rings. The zero-order valence-corrected chi connectivity index (χ0v) is 36.8. The van der Waals surface area contributed by atoms with Gasteiger partial charge in [0.05, 0.1) is 45.1 Å². The number of unbranched alkanes of at least 4 members (excludes halogenated alkanes) is 2. The molecule has 0 radical (unpaired) electrons. The van der Waals surface area contributed by atoms with E-state index in [1.165, 1.54) is 0 Å². The Labute approximate surface area is 348 Å². The van der Waals surface area contributed by atoms with Gasteiger partial charge in [0.1, 0.15) is 17.0 Å². The number of hydrogen-bond donors (Lipinski definition) is 3. The average Bonchev–Trinajstić information content (AvgIpc) is 3.74. The van der Waals surface area contributed by atoms with Crippen LogP contribution in [0, 0.1) is 0 Å². The maximum Gasteiger partial charge on any atom is 0.319 e. The molecular formula is C43H61N4O7PS2. The molecule has 0 aliphatic carbocycles. The van der Waals surface area contributed by atoms with Gasteiger partial charge in [-0.1, -0.05) is 61.0 Å². The molecule has 4 unspecified atom stereocenters. The van der Waals surface area contributed by atoms with Gasteiger partial charge in [-0.25, -0.2) is 9.88 Å². The van der Waals surface area contributed by atoms with Crippen molar-refractivity contribution in [2.24, 2.45) is 0 Å². The molecule has 5 rings (SSSR count). The molecule has 11 nitrogen and oxygen atoms in total. The predicted molar refractivity (Wildman–Crippen MR) is 233 cm³/mol. The maximum absolute atomic E-state index is 14.4. The molecule has 4 atom stereocenters. The Kier molecular flexibility index (Phi) is 16.7. The summed E-state index contributed by atoms with van der Waals surface area (Å²) in [6.07, 6.45) is 4.73. The summed E-state index contributed by atoms with van der Waals surface area (Å²) in [6.45, 7) is 8.02. The third-order valence-corrected chi connectivity index (χ3v) is 14.5. The fourth-order valence-corrected chi connectivity index (χ4v) is 12.1. The van der Waals surface area contributed by atoms with Crippen LogP contribution in [0.2, 0.25) is 0 Å². The minimum atomic E-state index is -2.65. The van der Waals surface area contributed by atoms with Crippen LogP contribution < -0.4 is 25.2 Å². The molecule has 0 aromatic heterocycles. The van der Waals surface area contributed by atoms with Crippen molar-refractivity contribution >= 4 is 42.1 Å². The lowest BCUT2D eigenvalue weighted by atomic mass is 9.74. The van der Waals surface area contributed by atoms with E-state index < -0.39 is 17.8 Å². The Morgan fingerprint density at radius 1 is 0.877 bits per heavy atom. The van der Waals surface area contributed by atoms with Crippen LogP contribution in [0.4, 0.5) is 4.79 Å². The zero-order chi connectivity index (χ0) is 40.9. The molecular weight excluding hydrogens is 780 g/mol. The lowest BCUT2D eigenvalue weighted by Crippen LogP contribution is -2.53. The largest absolute Gasteiger partial charge is 0.497 e. The third kappa shape index (κ3) is 11.7. The molecule has 0 saturated carbocycles. The van der Waals surface area contributed by atoms with E-state index in [0.717, 1.165) is 66.0 Å². The molecule has 2 saturated heterocycles. The molecule has 2 aliphatic rings. The van der Waals surface area contributed by atoms with Gasteiger partial charge in [-0.05, 0) is 106 Å². The highest BCUT2D eigenvalue weighted by Gasteiger charge is 2.57. The number of carbonyl (C=O) groups excluding carboxylic acids is 2. The van der Waals surface area contributed by atoms with Gasteiger partial charge in [0.25, 0.3) is 6.64 Å². The van der Waals surface area contributed by atoms with Gasteiger partial charge in [0, 0.05) is 37.1 Å². The molecule has 3 aromatic carbocycles. The van der Waals surface area contributed by atoms with Crippen molar-refractivity contribution in [1.82, 2.24) is 20.6 Å². The molecule has 3 aromatic rings. The van der Waals surface area contributed by atoms with Gasteiger partial charge < -0.3 is 38.8 Å². The number of nitrogens with zero attached hydrogens (tertiary/aromatic N) is 1. The summed E-state index contributed by atoms with van der Waals surface area (Å²) in [5.74, 6) is 2.33. The molecule has 312 valence electrons. The monoisotopic (exact) mass is 840 g/mol. The second-order valence-electron chi connectivity index (χ2n) is 15.3. The van der Waals surface area contributed by atoms with E-state index in [4.69, 9.17) is 35.1 Å². The SMILES string of the molecule is CCOCCOP(=S)(NCCCCCNC(=O)CCCC1SCC2C1NC(=O)N2C(c1ccccc1)(c1ccc(OC)cc1)c1ccc(OC)cc1)OC(C)(C)C. The summed E-state index contributed by atoms with van der Waals surface area (Å²) < 4.78 is 28.5. The minimum Gasteiger partial charge on any atom is -0.497 e. The van der Waals surface area contributed by atoms with Crippen LogP contribution in [0.15, 0.2) is 78.9 Å². The van der Waals surface area contributed by atoms with Crippen molar-refractivity contribution in [3.63, 3.8) is 0 Å². The van der Waals surface area contributed by atoms with Crippen LogP contribution in [0.5, 0.6) is 11.5 Å². The fourth-order valence-electron chi connectivity index (χ4n) is 7.64. The number of urea groups is 1. The van der Waals surface area contributed by atoms with Crippen molar-refractivity contribution in [2.45, 2.75) is 94.7 Å². The van der Waals surface area contributed by atoms with E-state index in [1.807, 2.05) is 81.9 Å². The highest BCUT2D eigenvalue weighted by atomic mass is 32.5.